The fourth-order valence-corrected chi connectivity index (χ4v) is 4.79. The molecule has 5 heteroatoms. The molecule has 0 fully saturated rings. The summed E-state index contributed by atoms with van der Waals surface area (Å²) in [6.07, 6.45) is 2.67. The van der Waals surface area contributed by atoms with Gasteiger partial charge in [0.2, 0.25) is 0 Å². The first kappa shape index (κ1) is 21.4. The van der Waals surface area contributed by atoms with E-state index in [1.807, 2.05) is 0 Å². The Morgan fingerprint density at radius 3 is 1.32 bits per heavy atom. The van der Waals surface area contributed by atoms with Gasteiger partial charge in [-0.15, -0.1) is 0 Å². The van der Waals surface area contributed by atoms with E-state index >= 15 is 0 Å². The van der Waals surface area contributed by atoms with E-state index < -0.39 is 16.6 Å². The molecule has 0 aromatic carbocycles. The van der Waals surface area contributed by atoms with E-state index in [1.54, 1.807) is 0 Å². The monoisotopic (exact) mass is 384 g/mol. The maximum absolute atomic E-state index is 6.43. The molecule has 1 aliphatic heterocycles. The van der Waals surface area contributed by atoms with E-state index in [4.69, 9.17) is 13.6 Å². The van der Waals surface area contributed by atoms with Gasteiger partial charge in [0, 0.05) is 0 Å². The number of ether oxygens (including phenoxy) is 1. The van der Waals surface area contributed by atoms with Crippen molar-refractivity contribution in [3.8, 4) is 0 Å². The molecule has 0 aromatic rings. The Labute approximate surface area is 157 Å². The Morgan fingerprint density at radius 2 is 1.08 bits per heavy atom. The van der Waals surface area contributed by atoms with Crippen molar-refractivity contribution in [2.45, 2.75) is 103 Å². The molecule has 146 valence electrons. The summed E-state index contributed by atoms with van der Waals surface area (Å²) >= 11 is 0. The van der Waals surface area contributed by atoms with E-state index in [9.17, 15) is 0 Å². The lowest BCUT2D eigenvalue weighted by Gasteiger charge is -2.37. The molecule has 0 radical (unpaired) electrons. The molecule has 0 unspecified atom stereocenters. The minimum absolute atomic E-state index is 0.158. The molecule has 0 saturated heterocycles. The van der Waals surface area contributed by atoms with Crippen LogP contribution in [-0.2, 0) is 13.6 Å². The van der Waals surface area contributed by atoms with Crippen LogP contribution in [0.4, 0.5) is 0 Å². The molecule has 0 aromatic heterocycles. The fraction of sp³-hybridized carbons (Fsp3) is 0.900. The van der Waals surface area contributed by atoms with Gasteiger partial charge in [0.1, 0.15) is 12.2 Å². The van der Waals surface area contributed by atoms with Crippen molar-refractivity contribution in [2.24, 2.45) is 0 Å². The highest BCUT2D eigenvalue weighted by atomic mass is 28.4. The zero-order valence-electron chi connectivity index (χ0n) is 18.2. The van der Waals surface area contributed by atoms with E-state index in [0.717, 1.165) is 0 Å². The highest BCUT2D eigenvalue weighted by Gasteiger charge is 2.44. The molecular weight excluding hydrogens is 344 g/mol. The van der Waals surface area contributed by atoms with Gasteiger partial charge in [-0.2, -0.15) is 0 Å². The van der Waals surface area contributed by atoms with Gasteiger partial charge < -0.3 is 13.6 Å². The first-order chi connectivity index (χ1) is 11.2. The summed E-state index contributed by atoms with van der Waals surface area (Å²) in [6, 6.07) is 0. The Kier molecular flexibility index (Phi) is 5.89. The minimum atomic E-state index is -1.72. The molecule has 25 heavy (non-hydrogen) atoms. The normalized spacial score (nSPS) is 25.2. The van der Waals surface area contributed by atoms with Crippen LogP contribution in [0.15, 0.2) is 11.1 Å². The van der Waals surface area contributed by atoms with Crippen molar-refractivity contribution >= 4 is 16.6 Å². The molecule has 0 spiro atoms. The van der Waals surface area contributed by atoms with Crippen molar-refractivity contribution in [1.29, 1.82) is 0 Å². The van der Waals surface area contributed by atoms with E-state index in [1.165, 1.54) is 24.0 Å². The molecular formula is C20H40O3Si2. The third kappa shape index (κ3) is 4.49. The molecule has 0 amide bonds. The van der Waals surface area contributed by atoms with E-state index in [0.29, 0.717) is 13.2 Å². The smallest absolute Gasteiger partial charge is 0.192 e. The van der Waals surface area contributed by atoms with Gasteiger partial charge in [-0.1, -0.05) is 41.5 Å². The number of hydrogen-bond donors (Lipinski definition) is 0. The summed E-state index contributed by atoms with van der Waals surface area (Å²) in [5.74, 6) is 0. The first-order valence-electron chi connectivity index (χ1n) is 9.81. The lowest BCUT2D eigenvalue weighted by atomic mass is 9.85. The highest BCUT2D eigenvalue weighted by Crippen LogP contribution is 2.44. The molecule has 0 bridgehead atoms. The second kappa shape index (κ2) is 6.90. The predicted octanol–water partition coefficient (Wildman–Crippen LogP) is 5.89. The van der Waals surface area contributed by atoms with Gasteiger partial charge in [-0.3, -0.25) is 0 Å². The Balaban J connectivity index is 1.93. The van der Waals surface area contributed by atoms with Crippen LogP contribution >= 0.6 is 0 Å². The van der Waals surface area contributed by atoms with E-state index in [-0.39, 0.29) is 22.3 Å². The zero-order valence-corrected chi connectivity index (χ0v) is 20.2. The quantitative estimate of drug-likeness (QED) is 0.422. The lowest BCUT2D eigenvalue weighted by molar-refractivity contribution is 0.00127. The zero-order chi connectivity index (χ0) is 19.3. The van der Waals surface area contributed by atoms with Gasteiger partial charge in [0.25, 0.3) is 0 Å². The van der Waals surface area contributed by atoms with Crippen molar-refractivity contribution in [2.75, 3.05) is 13.2 Å². The first-order valence-corrected chi connectivity index (χ1v) is 15.6. The van der Waals surface area contributed by atoms with Gasteiger partial charge in [-0.25, -0.2) is 0 Å². The molecule has 0 saturated carbocycles. The third-order valence-electron chi connectivity index (χ3n) is 6.99. The standard InChI is InChI=1S/C20H40O3Si2/c1-19(2,3)24(7,8)21-13-17-15-11-12-16(15)18(23-17)14-22-25(9,10)20(4,5)6/h17-18H,11-14H2,1-10H3/t17-,18+. The van der Waals surface area contributed by atoms with Crippen LogP contribution in [0.25, 0.3) is 0 Å². The minimum Gasteiger partial charge on any atom is -0.414 e. The average Bonchev–Trinajstić information content (AvgIpc) is 2.61. The summed E-state index contributed by atoms with van der Waals surface area (Å²) in [7, 11) is -3.44. The highest BCUT2D eigenvalue weighted by molar-refractivity contribution is 6.74. The topological polar surface area (TPSA) is 27.7 Å². The van der Waals surface area contributed by atoms with Crippen LogP contribution in [0.2, 0.25) is 36.3 Å². The maximum atomic E-state index is 6.43. The summed E-state index contributed by atoms with van der Waals surface area (Å²) in [4.78, 5) is 0. The molecule has 1 heterocycles. The lowest BCUT2D eigenvalue weighted by Crippen LogP contribution is -2.43. The molecule has 3 nitrogen and oxygen atoms in total. The third-order valence-corrected chi connectivity index (χ3v) is 16.0. The second-order valence-corrected chi connectivity index (χ2v) is 20.4. The largest absolute Gasteiger partial charge is 0.414 e. The van der Waals surface area contributed by atoms with Crippen LogP contribution in [0, 0.1) is 0 Å². The molecule has 1 aliphatic carbocycles. The molecule has 0 N–H and O–H groups in total. The Bertz CT molecular complexity index is 478. The SMILES string of the molecule is CC(C)(C)[Si](C)(C)OC[C@@H]1O[C@H](CO[Si](C)(C)C(C)(C)C)C2=C1CC2. The van der Waals surface area contributed by atoms with Crippen LogP contribution < -0.4 is 0 Å². The van der Waals surface area contributed by atoms with Crippen LogP contribution in [0.3, 0.4) is 0 Å². The average molecular weight is 385 g/mol. The van der Waals surface area contributed by atoms with Crippen LogP contribution in [0.5, 0.6) is 0 Å². The summed E-state index contributed by atoms with van der Waals surface area (Å²) < 4.78 is 19.2. The fourth-order valence-electron chi connectivity index (χ4n) is 2.79. The van der Waals surface area contributed by atoms with Gasteiger partial charge in [0.05, 0.1) is 13.2 Å². The Morgan fingerprint density at radius 1 is 0.760 bits per heavy atom. The van der Waals surface area contributed by atoms with E-state index in [2.05, 4.69) is 67.7 Å². The van der Waals surface area contributed by atoms with Crippen molar-refractivity contribution in [3.63, 3.8) is 0 Å². The van der Waals surface area contributed by atoms with Crippen molar-refractivity contribution in [3.05, 3.63) is 11.1 Å². The van der Waals surface area contributed by atoms with Gasteiger partial charge in [-0.05, 0) is 60.3 Å². The van der Waals surface area contributed by atoms with Crippen LogP contribution in [0.1, 0.15) is 54.4 Å². The number of hydrogen-bond acceptors (Lipinski definition) is 3. The summed E-state index contributed by atoms with van der Waals surface area (Å²) in [5, 5.41) is 0.487. The van der Waals surface area contributed by atoms with Gasteiger partial charge >= 0.3 is 0 Å². The second-order valence-electron chi connectivity index (χ2n) is 10.8. The van der Waals surface area contributed by atoms with Crippen molar-refractivity contribution < 1.29 is 13.6 Å². The number of rotatable bonds is 6. The molecule has 2 atom stereocenters. The molecule has 2 rings (SSSR count). The summed E-state index contributed by atoms with van der Waals surface area (Å²) in [5.41, 5.74) is 3.00. The van der Waals surface area contributed by atoms with Crippen molar-refractivity contribution in [1.82, 2.24) is 0 Å². The van der Waals surface area contributed by atoms with Crippen LogP contribution in [-0.4, -0.2) is 42.1 Å². The summed E-state index contributed by atoms with van der Waals surface area (Å²) in [6.45, 7) is 24.4. The maximum Gasteiger partial charge on any atom is 0.192 e. The Hall–Kier alpha value is 0.0538. The predicted molar refractivity (Wildman–Crippen MR) is 111 cm³/mol. The van der Waals surface area contributed by atoms with Gasteiger partial charge in [0.15, 0.2) is 16.6 Å². The molecule has 2 aliphatic rings.